The molecular weight excluding hydrogens is 396 g/mol. The Balaban J connectivity index is 1.51. The Hall–Kier alpha value is -3.66. The first-order valence-electron chi connectivity index (χ1n) is 10.2. The van der Waals surface area contributed by atoms with Gasteiger partial charge in [-0.2, -0.15) is 15.0 Å². The highest BCUT2D eigenvalue weighted by molar-refractivity contribution is 6.02. The molecule has 2 aromatic heterocycles. The lowest BCUT2D eigenvalue weighted by atomic mass is 10.3. The molecule has 0 saturated carbocycles. The lowest BCUT2D eigenvalue weighted by molar-refractivity contribution is 0.102. The van der Waals surface area contributed by atoms with Crippen LogP contribution in [0.3, 0.4) is 0 Å². The molecule has 1 aliphatic heterocycles. The van der Waals surface area contributed by atoms with Gasteiger partial charge in [0, 0.05) is 44.4 Å². The second-order valence-electron chi connectivity index (χ2n) is 7.14. The van der Waals surface area contributed by atoms with Gasteiger partial charge in [-0.15, -0.1) is 0 Å². The third-order valence-electron chi connectivity index (χ3n) is 4.85. The standard InChI is InChI=1S/C21H24N8O2/c1-3-17-25-20(29-11-9-28(2)10-12-29)27-21(26-17)31-18-13-16(22-14-23-18)19(30)24-15-7-5-4-6-8-15/h4-8,13-14H,3,9-12H2,1-2H3,(H,24,30). The molecule has 1 saturated heterocycles. The number of carbonyl (C=O) groups excluding carboxylic acids is 1. The second-order valence-corrected chi connectivity index (χ2v) is 7.14. The largest absolute Gasteiger partial charge is 0.405 e. The number of rotatable bonds is 6. The van der Waals surface area contributed by atoms with Crippen LogP contribution in [0.4, 0.5) is 11.6 Å². The molecule has 160 valence electrons. The average molecular weight is 420 g/mol. The van der Waals surface area contributed by atoms with Crippen LogP contribution in [0.25, 0.3) is 0 Å². The van der Waals surface area contributed by atoms with Gasteiger partial charge in [0.25, 0.3) is 5.91 Å². The Bertz CT molecular complexity index is 1040. The summed E-state index contributed by atoms with van der Waals surface area (Å²) in [5.74, 6) is 1.05. The van der Waals surface area contributed by atoms with Crippen LogP contribution in [0.15, 0.2) is 42.7 Å². The van der Waals surface area contributed by atoms with Gasteiger partial charge in [0.05, 0.1) is 0 Å². The van der Waals surface area contributed by atoms with Crippen molar-refractivity contribution in [3.63, 3.8) is 0 Å². The van der Waals surface area contributed by atoms with Crippen molar-refractivity contribution in [1.82, 2.24) is 29.8 Å². The first kappa shape index (κ1) is 20.6. The van der Waals surface area contributed by atoms with Crippen molar-refractivity contribution in [2.75, 3.05) is 43.4 Å². The van der Waals surface area contributed by atoms with Gasteiger partial charge in [-0.25, -0.2) is 9.97 Å². The quantitative estimate of drug-likeness (QED) is 0.640. The van der Waals surface area contributed by atoms with Gasteiger partial charge in [-0.3, -0.25) is 4.79 Å². The lowest BCUT2D eigenvalue weighted by Gasteiger charge is -2.32. The smallest absolute Gasteiger partial charge is 0.328 e. The summed E-state index contributed by atoms with van der Waals surface area (Å²) in [6, 6.07) is 10.8. The van der Waals surface area contributed by atoms with Crippen LogP contribution >= 0.6 is 0 Å². The predicted molar refractivity (Wildman–Crippen MR) is 115 cm³/mol. The number of likely N-dealkylation sites (N-methyl/N-ethyl adjacent to an activating group) is 1. The first-order valence-corrected chi connectivity index (χ1v) is 10.2. The molecule has 1 fully saturated rings. The van der Waals surface area contributed by atoms with Gasteiger partial charge in [0.1, 0.15) is 17.8 Å². The number of piperazine rings is 1. The van der Waals surface area contributed by atoms with E-state index in [4.69, 9.17) is 4.74 Å². The summed E-state index contributed by atoms with van der Waals surface area (Å²) in [6.07, 6.45) is 1.92. The van der Waals surface area contributed by atoms with E-state index in [9.17, 15) is 4.79 Å². The zero-order valence-electron chi connectivity index (χ0n) is 17.5. The van der Waals surface area contributed by atoms with Gasteiger partial charge < -0.3 is 19.9 Å². The molecule has 0 spiro atoms. The Morgan fingerprint density at radius 2 is 1.84 bits per heavy atom. The number of hydrogen-bond acceptors (Lipinski definition) is 9. The summed E-state index contributed by atoms with van der Waals surface area (Å²) in [7, 11) is 2.09. The van der Waals surface area contributed by atoms with Crippen LogP contribution in [0, 0.1) is 0 Å². The minimum absolute atomic E-state index is 0.147. The van der Waals surface area contributed by atoms with Gasteiger partial charge >= 0.3 is 6.01 Å². The molecule has 10 nitrogen and oxygen atoms in total. The van der Waals surface area contributed by atoms with Crippen LogP contribution in [0.1, 0.15) is 23.2 Å². The summed E-state index contributed by atoms with van der Waals surface area (Å²) in [5.41, 5.74) is 0.855. The number of aromatic nitrogens is 5. The number of hydrogen-bond donors (Lipinski definition) is 1. The van der Waals surface area contributed by atoms with Gasteiger partial charge in [0.15, 0.2) is 0 Å². The molecule has 1 N–H and O–H groups in total. The van der Waals surface area contributed by atoms with Crippen molar-refractivity contribution in [3.8, 4) is 11.9 Å². The number of carbonyl (C=O) groups is 1. The molecule has 0 atom stereocenters. The molecule has 4 rings (SSSR count). The predicted octanol–water partition coefficient (Wildman–Crippen LogP) is 2.02. The molecule has 10 heteroatoms. The number of aryl methyl sites for hydroxylation is 1. The Morgan fingerprint density at radius 1 is 1.06 bits per heavy atom. The maximum atomic E-state index is 12.5. The molecule has 0 unspecified atom stereocenters. The van der Waals surface area contributed by atoms with E-state index in [1.807, 2.05) is 25.1 Å². The van der Waals surface area contributed by atoms with E-state index in [2.05, 4.69) is 47.1 Å². The normalized spacial score (nSPS) is 14.3. The third-order valence-corrected chi connectivity index (χ3v) is 4.85. The molecular formula is C21H24N8O2. The van der Waals surface area contributed by atoms with E-state index in [0.717, 1.165) is 26.2 Å². The summed E-state index contributed by atoms with van der Waals surface area (Å²) in [5, 5.41) is 2.79. The van der Waals surface area contributed by atoms with E-state index < -0.39 is 0 Å². The third kappa shape index (κ3) is 5.28. The Morgan fingerprint density at radius 3 is 2.58 bits per heavy atom. The van der Waals surface area contributed by atoms with Gasteiger partial charge in [-0.05, 0) is 19.2 Å². The fraction of sp³-hybridized carbons (Fsp3) is 0.333. The van der Waals surface area contributed by atoms with E-state index in [1.54, 1.807) is 12.1 Å². The van der Waals surface area contributed by atoms with Crippen molar-refractivity contribution >= 4 is 17.5 Å². The highest BCUT2D eigenvalue weighted by atomic mass is 16.5. The van der Waals surface area contributed by atoms with E-state index in [1.165, 1.54) is 12.4 Å². The number of ether oxygens (including phenoxy) is 1. The Kier molecular flexibility index (Phi) is 6.27. The molecule has 0 aliphatic carbocycles. The number of anilines is 2. The van der Waals surface area contributed by atoms with Crippen LogP contribution in [-0.4, -0.2) is 69.0 Å². The highest BCUT2D eigenvalue weighted by Crippen LogP contribution is 2.20. The molecule has 3 heterocycles. The fourth-order valence-corrected chi connectivity index (χ4v) is 3.07. The number of nitrogens with zero attached hydrogens (tertiary/aromatic N) is 7. The molecule has 31 heavy (non-hydrogen) atoms. The number of amides is 1. The van der Waals surface area contributed by atoms with Crippen molar-refractivity contribution < 1.29 is 9.53 Å². The molecule has 1 aliphatic rings. The van der Waals surface area contributed by atoms with Crippen molar-refractivity contribution in [2.45, 2.75) is 13.3 Å². The van der Waals surface area contributed by atoms with Crippen molar-refractivity contribution in [1.29, 1.82) is 0 Å². The molecule has 1 aromatic carbocycles. The maximum absolute atomic E-state index is 12.5. The maximum Gasteiger partial charge on any atom is 0.328 e. The molecule has 0 radical (unpaired) electrons. The minimum atomic E-state index is -0.360. The topological polar surface area (TPSA) is 109 Å². The van der Waals surface area contributed by atoms with E-state index >= 15 is 0 Å². The lowest BCUT2D eigenvalue weighted by Crippen LogP contribution is -2.45. The van der Waals surface area contributed by atoms with Crippen molar-refractivity contribution in [2.24, 2.45) is 0 Å². The Labute approximate surface area is 180 Å². The minimum Gasteiger partial charge on any atom is -0.405 e. The number of nitrogens with one attached hydrogen (secondary N) is 1. The summed E-state index contributed by atoms with van der Waals surface area (Å²) in [4.78, 5) is 38.4. The van der Waals surface area contributed by atoms with Gasteiger partial charge in [-0.1, -0.05) is 25.1 Å². The van der Waals surface area contributed by atoms with Crippen LogP contribution < -0.4 is 15.0 Å². The summed E-state index contributed by atoms with van der Waals surface area (Å²) < 4.78 is 5.78. The van der Waals surface area contributed by atoms with Crippen LogP contribution in [0.2, 0.25) is 0 Å². The van der Waals surface area contributed by atoms with Crippen LogP contribution in [-0.2, 0) is 6.42 Å². The molecule has 1 amide bonds. The van der Waals surface area contributed by atoms with E-state index in [0.29, 0.717) is 23.9 Å². The zero-order chi connectivity index (χ0) is 21.6. The fourth-order valence-electron chi connectivity index (χ4n) is 3.07. The van der Waals surface area contributed by atoms with E-state index in [-0.39, 0.29) is 23.5 Å². The molecule has 0 bridgehead atoms. The molecule has 3 aromatic rings. The first-order chi connectivity index (χ1) is 15.1. The SMILES string of the molecule is CCc1nc(Oc2cc(C(=O)Nc3ccccc3)ncn2)nc(N2CCN(C)CC2)n1. The average Bonchev–Trinajstić information content (AvgIpc) is 2.80. The summed E-state index contributed by atoms with van der Waals surface area (Å²) >= 11 is 0. The van der Waals surface area contributed by atoms with Gasteiger partial charge in [0.2, 0.25) is 11.8 Å². The number of benzene rings is 1. The summed E-state index contributed by atoms with van der Waals surface area (Å²) in [6.45, 7) is 5.52. The second kappa shape index (κ2) is 9.43. The van der Waals surface area contributed by atoms with Crippen molar-refractivity contribution in [3.05, 3.63) is 54.2 Å². The number of para-hydroxylation sites is 1. The van der Waals surface area contributed by atoms with Crippen LogP contribution in [0.5, 0.6) is 11.9 Å². The zero-order valence-corrected chi connectivity index (χ0v) is 17.5. The monoisotopic (exact) mass is 420 g/mol. The highest BCUT2D eigenvalue weighted by Gasteiger charge is 2.19.